The number of aromatic nitrogens is 3. The zero-order valence-electron chi connectivity index (χ0n) is 10.8. The summed E-state index contributed by atoms with van der Waals surface area (Å²) >= 11 is 1.54. The number of hydrogen-bond donors (Lipinski definition) is 1. The van der Waals surface area contributed by atoms with Crippen molar-refractivity contribution in [3.8, 4) is 0 Å². The Hall–Kier alpha value is -1.96. The topological polar surface area (TPSA) is 85.9 Å². The molecule has 2 rings (SSSR count). The average Bonchev–Trinajstić information content (AvgIpc) is 2.97. The van der Waals surface area contributed by atoms with Crippen molar-refractivity contribution < 1.29 is 4.92 Å². The van der Waals surface area contributed by atoms with Gasteiger partial charge in [-0.2, -0.15) is 5.10 Å². The minimum atomic E-state index is -0.378. The third-order valence-corrected chi connectivity index (χ3v) is 3.40. The highest BCUT2D eigenvalue weighted by atomic mass is 32.1. The van der Waals surface area contributed by atoms with Gasteiger partial charge >= 0.3 is 5.69 Å². The van der Waals surface area contributed by atoms with Crippen LogP contribution in [0.15, 0.2) is 10.9 Å². The van der Waals surface area contributed by atoms with Crippen LogP contribution >= 0.6 is 11.3 Å². The third kappa shape index (κ3) is 2.90. The van der Waals surface area contributed by atoms with Gasteiger partial charge in [-0.25, -0.2) is 9.67 Å². The van der Waals surface area contributed by atoms with Crippen molar-refractivity contribution in [1.82, 2.24) is 14.8 Å². The van der Waals surface area contributed by atoms with Gasteiger partial charge in [0.1, 0.15) is 5.69 Å². The second-order valence-electron chi connectivity index (χ2n) is 4.03. The Morgan fingerprint density at radius 1 is 1.58 bits per heavy atom. The van der Waals surface area contributed by atoms with Gasteiger partial charge in [0, 0.05) is 25.4 Å². The molecule has 0 bridgehead atoms. The molecule has 2 heterocycles. The highest BCUT2D eigenvalue weighted by Crippen LogP contribution is 2.28. The fourth-order valence-corrected chi connectivity index (χ4v) is 2.46. The van der Waals surface area contributed by atoms with Crippen LogP contribution in [0.2, 0.25) is 0 Å². The zero-order chi connectivity index (χ0) is 13.8. The maximum absolute atomic E-state index is 11.1. The van der Waals surface area contributed by atoms with Crippen LogP contribution in [-0.4, -0.2) is 26.2 Å². The Morgan fingerprint density at radius 2 is 2.37 bits per heavy atom. The molecule has 7 nitrogen and oxygen atoms in total. The van der Waals surface area contributed by atoms with E-state index >= 15 is 0 Å². The Bertz CT molecular complexity index is 564. The van der Waals surface area contributed by atoms with E-state index in [0.29, 0.717) is 24.5 Å². The lowest BCUT2D eigenvalue weighted by Crippen LogP contribution is -2.10. The summed E-state index contributed by atoms with van der Waals surface area (Å²) in [6, 6.07) is 0. The second kappa shape index (κ2) is 5.79. The van der Waals surface area contributed by atoms with Crippen molar-refractivity contribution in [2.24, 2.45) is 7.05 Å². The van der Waals surface area contributed by atoms with Crippen molar-refractivity contribution in [3.05, 3.63) is 32.4 Å². The van der Waals surface area contributed by atoms with Crippen molar-refractivity contribution in [3.63, 3.8) is 0 Å². The molecule has 0 saturated carbocycles. The first-order valence-corrected chi connectivity index (χ1v) is 6.89. The fraction of sp³-hybridized carbons (Fsp3) is 0.455. The molecule has 0 spiro atoms. The molecule has 0 radical (unpaired) electrons. The number of nitro groups is 1. The van der Waals surface area contributed by atoms with Gasteiger partial charge in [-0.3, -0.25) is 10.1 Å². The molecule has 0 fully saturated rings. The van der Waals surface area contributed by atoms with Crippen LogP contribution in [-0.2, 0) is 19.9 Å². The maximum Gasteiger partial charge on any atom is 0.333 e. The van der Waals surface area contributed by atoms with E-state index < -0.39 is 0 Å². The molecule has 0 aromatic carbocycles. The molecule has 0 unspecified atom stereocenters. The predicted molar refractivity (Wildman–Crippen MR) is 73.5 cm³/mol. The summed E-state index contributed by atoms with van der Waals surface area (Å²) in [4.78, 5) is 14.9. The summed E-state index contributed by atoms with van der Waals surface area (Å²) in [6.07, 6.45) is 1.27. The van der Waals surface area contributed by atoms with Crippen LogP contribution in [0, 0.1) is 10.1 Å². The molecule has 0 saturated heterocycles. The van der Waals surface area contributed by atoms with Crippen LogP contribution in [0.4, 0.5) is 11.5 Å². The Balaban J connectivity index is 2.10. The Labute approximate surface area is 114 Å². The molecule has 0 atom stereocenters. The molecule has 19 heavy (non-hydrogen) atoms. The number of aryl methyl sites for hydroxylation is 2. The van der Waals surface area contributed by atoms with Crippen LogP contribution in [0.3, 0.4) is 0 Å². The standard InChI is InChI=1S/C11H15N5O2S/c1-3-9-10(16(17)18)11(15(2)14-9)12-5-4-8-6-19-7-13-8/h6-7,12H,3-5H2,1-2H3. The summed E-state index contributed by atoms with van der Waals surface area (Å²) in [5.74, 6) is 0.456. The minimum absolute atomic E-state index is 0.0725. The first-order chi connectivity index (χ1) is 9.13. The van der Waals surface area contributed by atoms with Crippen molar-refractivity contribution in [2.75, 3.05) is 11.9 Å². The van der Waals surface area contributed by atoms with Crippen LogP contribution in [0.5, 0.6) is 0 Å². The van der Waals surface area contributed by atoms with Gasteiger partial charge in [-0.05, 0) is 6.42 Å². The first-order valence-electron chi connectivity index (χ1n) is 5.94. The Kier molecular flexibility index (Phi) is 4.10. The van der Waals surface area contributed by atoms with E-state index in [4.69, 9.17) is 0 Å². The molecular formula is C11H15N5O2S. The molecule has 0 aliphatic rings. The van der Waals surface area contributed by atoms with E-state index in [1.54, 1.807) is 23.9 Å². The van der Waals surface area contributed by atoms with Crippen LogP contribution in [0.1, 0.15) is 18.3 Å². The quantitative estimate of drug-likeness (QED) is 0.646. The largest absolute Gasteiger partial charge is 0.364 e. The lowest BCUT2D eigenvalue weighted by atomic mass is 10.3. The lowest BCUT2D eigenvalue weighted by Gasteiger charge is -2.04. The summed E-state index contributed by atoms with van der Waals surface area (Å²) in [5, 5.41) is 20.3. The second-order valence-corrected chi connectivity index (χ2v) is 4.75. The van der Waals surface area contributed by atoms with Crippen molar-refractivity contribution in [1.29, 1.82) is 0 Å². The minimum Gasteiger partial charge on any atom is -0.364 e. The normalized spacial score (nSPS) is 10.6. The number of thiazole rings is 1. The Morgan fingerprint density at radius 3 is 2.95 bits per heavy atom. The summed E-state index contributed by atoms with van der Waals surface area (Å²) < 4.78 is 1.53. The number of nitrogens with one attached hydrogen (secondary N) is 1. The summed E-state index contributed by atoms with van der Waals surface area (Å²) in [5.41, 5.74) is 3.34. The van der Waals surface area contributed by atoms with Crippen molar-refractivity contribution in [2.45, 2.75) is 19.8 Å². The molecule has 1 N–H and O–H groups in total. The summed E-state index contributed by atoms with van der Waals surface area (Å²) in [6.45, 7) is 2.45. The van der Waals surface area contributed by atoms with Gasteiger partial charge in [0.25, 0.3) is 0 Å². The van der Waals surface area contributed by atoms with Gasteiger partial charge < -0.3 is 5.32 Å². The number of nitrogens with zero attached hydrogens (tertiary/aromatic N) is 4. The molecule has 0 amide bonds. The van der Waals surface area contributed by atoms with Gasteiger partial charge in [-0.1, -0.05) is 6.92 Å². The molecule has 2 aromatic rings. The number of rotatable bonds is 6. The van der Waals surface area contributed by atoms with Gasteiger partial charge in [0.05, 0.1) is 16.1 Å². The van der Waals surface area contributed by atoms with E-state index in [-0.39, 0.29) is 10.6 Å². The fourth-order valence-electron chi connectivity index (χ4n) is 1.87. The predicted octanol–water partition coefficient (Wildman–Crippen LogP) is 2.00. The molecule has 2 aromatic heterocycles. The monoisotopic (exact) mass is 281 g/mol. The number of anilines is 1. The lowest BCUT2D eigenvalue weighted by molar-refractivity contribution is -0.384. The van der Waals surface area contributed by atoms with Crippen molar-refractivity contribution >= 4 is 22.8 Å². The van der Waals surface area contributed by atoms with Gasteiger partial charge in [0.2, 0.25) is 5.82 Å². The van der Waals surface area contributed by atoms with E-state index in [1.807, 2.05) is 12.3 Å². The maximum atomic E-state index is 11.1. The molecule has 0 aliphatic heterocycles. The summed E-state index contributed by atoms with van der Waals surface area (Å²) in [7, 11) is 1.71. The van der Waals surface area contributed by atoms with Gasteiger partial charge in [0.15, 0.2) is 0 Å². The average molecular weight is 281 g/mol. The molecular weight excluding hydrogens is 266 g/mol. The zero-order valence-corrected chi connectivity index (χ0v) is 11.6. The molecule has 102 valence electrons. The van der Waals surface area contributed by atoms with E-state index in [2.05, 4.69) is 15.4 Å². The SMILES string of the molecule is CCc1nn(C)c(NCCc2cscn2)c1[N+](=O)[O-]. The van der Waals surface area contributed by atoms with Gasteiger partial charge in [-0.15, -0.1) is 11.3 Å². The third-order valence-electron chi connectivity index (χ3n) is 2.77. The van der Waals surface area contributed by atoms with Crippen LogP contribution < -0.4 is 5.32 Å². The highest BCUT2D eigenvalue weighted by molar-refractivity contribution is 7.07. The first kappa shape index (κ1) is 13.5. The smallest absolute Gasteiger partial charge is 0.333 e. The van der Waals surface area contributed by atoms with E-state index in [9.17, 15) is 10.1 Å². The van der Waals surface area contributed by atoms with E-state index in [1.165, 1.54) is 4.68 Å². The number of hydrogen-bond acceptors (Lipinski definition) is 6. The highest BCUT2D eigenvalue weighted by Gasteiger charge is 2.25. The van der Waals surface area contributed by atoms with E-state index in [0.717, 1.165) is 12.1 Å². The van der Waals surface area contributed by atoms with Crippen LogP contribution in [0.25, 0.3) is 0 Å². The molecule has 0 aliphatic carbocycles. The molecule has 8 heteroatoms.